The Hall–Kier alpha value is -4.19. The van der Waals surface area contributed by atoms with Gasteiger partial charge in [-0.3, -0.25) is 0 Å². The van der Waals surface area contributed by atoms with Gasteiger partial charge in [-0.05, 0) is 35.5 Å². The molecule has 0 spiro atoms. The summed E-state index contributed by atoms with van der Waals surface area (Å²) in [6.07, 6.45) is 1.51. The molecule has 26 heavy (non-hydrogen) atoms. The molecule has 0 aliphatic carbocycles. The fraction of sp³-hybridized carbons (Fsp3) is 0. The zero-order chi connectivity index (χ0) is 17.9. The minimum absolute atomic E-state index is 0.181. The molecule has 0 saturated heterocycles. The first-order valence-electron chi connectivity index (χ1n) is 7.63. The number of fused-ring (bicyclic) bond motifs is 1. The lowest BCUT2D eigenvalue weighted by Crippen LogP contribution is -1.92. The Morgan fingerprint density at radius 3 is 2.92 bits per heavy atom. The van der Waals surface area contributed by atoms with Crippen molar-refractivity contribution in [2.45, 2.75) is 0 Å². The van der Waals surface area contributed by atoms with Gasteiger partial charge < -0.3 is 15.4 Å². The Kier molecular flexibility index (Phi) is 3.76. The van der Waals surface area contributed by atoms with Crippen molar-refractivity contribution in [1.29, 1.82) is 5.26 Å². The number of phenolic OH excluding ortho intramolecular Hbond substituents is 1. The smallest absolute Gasteiger partial charge is 0.216 e. The van der Waals surface area contributed by atoms with Crippen LogP contribution in [0, 0.1) is 11.3 Å². The van der Waals surface area contributed by atoms with Crippen LogP contribution in [0.4, 0.5) is 5.69 Å². The lowest BCUT2D eigenvalue weighted by molar-refractivity contribution is 0.475. The average molecular weight is 344 g/mol. The van der Waals surface area contributed by atoms with E-state index in [0.717, 1.165) is 22.3 Å². The van der Waals surface area contributed by atoms with Gasteiger partial charge in [-0.15, -0.1) is 10.2 Å². The first-order valence-corrected chi connectivity index (χ1v) is 7.63. The predicted octanol–water partition coefficient (Wildman–Crippen LogP) is 2.43. The first-order chi connectivity index (χ1) is 12.7. The number of imidazole rings is 1. The van der Waals surface area contributed by atoms with Gasteiger partial charge in [0.2, 0.25) is 5.82 Å². The number of H-pyrrole nitrogens is 2. The van der Waals surface area contributed by atoms with Crippen molar-refractivity contribution in [2.75, 3.05) is 5.32 Å². The van der Waals surface area contributed by atoms with E-state index in [1.165, 1.54) is 6.20 Å². The molecule has 2 heterocycles. The summed E-state index contributed by atoms with van der Waals surface area (Å²) in [7, 11) is 0. The molecular weight excluding hydrogens is 332 g/mol. The fourth-order valence-electron chi connectivity index (χ4n) is 2.47. The number of aromatic hydroxyl groups is 1. The van der Waals surface area contributed by atoms with Crippen LogP contribution in [0.1, 0.15) is 5.82 Å². The third kappa shape index (κ3) is 2.94. The second kappa shape index (κ2) is 6.37. The van der Waals surface area contributed by atoms with Crippen LogP contribution in [0.15, 0.2) is 48.7 Å². The highest BCUT2D eigenvalue weighted by atomic mass is 16.3. The molecular formula is C17H12N8O. The molecule has 0 saturated carbocycles. The molecule has 0 bridgehead atoms. The molecule has 126 valence electrons. The van der Waals surface area contributed by atoms with E-state index in [1.54, 1.807) is 18.2 Å². The molecule has 9 heteroatoms. The van der Waals surface area contributed by atoms with Gasteiger partial charge in [0, 0.05) is 17.5 Å². The minimum Gasteiger partial charge on any atom is -0.508 e. The topological polar surface area (TPSA) is 139 Å². The number of nitrogens with zero attached hydrogens (tertiary/aromatic N) is 5. The van der Waals surface area contributed by atoms with E-state index in [0.29, 0.717) is 5.82 Å². The van der Waals surface area contributed by atoms with Crippen LogP contribution in [-0.4, -0.2) is 35.7 Å². The van der Waals surface area contributed by atoms with E-state index >= 15 is 0 Å². The number of aromatic amines is 2. The van der Waals surface area contributed by atoms with E-state index in [1.807, 2.05) is 30.3 Å². The normalized spacial score (nSPS) is 11.4. The monoisotopic (exact) mass is 344 g/mol. The van der Waals surface area contributed by atoms with E-state index < -0.39 is 0 Å². The van der Waals surface area contributed by atoms with E-state index in [4.69, 9.17) is 0 Å². The van der Waals surface area contributed by atoms with E-state index in [2.05, 4.69) is 35.9 Å². The number of hydrogen-bond donors (Lipinski definition) is 4. The minimum atomic E-state index is 0.181. The standard InChI is InChI=1S/C17H12N8O/c18-8-11(17-22-24-25-23-17)9-19-12-4-5-14-15(7-12)21-16(20-14)10-2-1-3-13(26)6-10/h1-7,9,19,26H,(H,20,21)(H,22,23,24,25). The molecule has 0 aliphatic heterocycles. The van der Waals surface area contributed by atoms with Gasteiger partial charge in [-0.1, -0.05) is 12.1 Å². The molecule has 4 rings (SSSR count). The first kappa shape index (κ1) is 15.3. The van der Waals surface area contributed by atoms with Crippen LogP contribution in [0.25, 0.3) is 28.0 Å². The number of hydrogen-bond acceptors (Lipinski definition) is 7. The molecule has 0 atom stereocenters. The van der Waals surface area contributed by atoms with E-state index in [-0.39, 0.29) is 17.1 Å². The second-order valence-corrected chi connectivity index (χ2v) is 5.42. The molecule has 0 amide bonds. The van der Waals surface area contributed by atoms with Crippen LogP contribution in [-0.2, 0) is 0 Å². The summed E-state index contributed by atoms with van der Waals surface area (Å²) in [5, 5.41) is 35.1. The van der Waals surface area contributed by atoms with Crippen molar-refractivity contribution in [3.05, 3.63) is 54.5 Å². The second-order valence-electron chi connectivity index (χ2n) is 5.42. The predicted molar refractivity (Wildman–Crippen MR) is 94.6 cm³/mol. The molecule has 2 aromatic carbocycles. The number of nitrogens with one attached hydrogen (secondary N) is 3. The largest absolute Gasteiger partial charge is 0.508 e. The summed E-state index contributed by atoms with van der Waals surface area (Å²) in [6.45, 7) is 0. The summed E-state index contributed by atoms with van der Waals surface area (Å²) in [5.74, 6) is 1.06. The summed E-state index contributed by atoms with van der Waals surface area (Å²) in [5.41, 5.74) is 3.42. The van der Waals surface area contributed by atoms with Gasteiger partial charge in [0.25, 0.3) is 0 Å². The third-order valence-electron chi connectivity index (χ3n) is 3.69. The Labute approximate surface area is 147 Å². The number of allylic oxidation sites excluding steroid dienone is 1. The SMILES string of the molecule is N#CC(=CNc1ccc2nc(-c3cccc(O)c3)[nH]c2c1)c1nn[nH]n1. The Balaban J connectivity index is 1.63. The molecule has 4 N–H and O–H groups in total. The summed E-state index contributed by atoms with van der Waals surface area (Å²) in [4.78, 5) is 7.74. The maximum Gasteiger partial charge on any atom is 0.216 e. The lowest BCUT2D eigenvalue weighted by Gasteiger charge is -2.00. The molecule has 4 aromatic rings. The van der Waals surface area contributed by atoms with E-state index in [9.17, 15) is 10.4 Å². The van der Waals surface area contributed by atoms with Crippen LogP contribution >= 0.6 is 0 Å². The van der Waals surface area contributed by atoms with Crippen molar-refractivity contribution >= 4 is 22.3 Å². The van der Waals surface area contributed by atoms with Crippen LogP contribution in [0.5, 0.6) is 5.75 Å². The molecule has 0 fully saturated rings. The highest BCUT2D eigenvalue weighted by Crippen LogP contribution is 2.25. The highest BCUT2D eigenvalue weighted by molar-refractivity contribution is 5.83. The quantitative estimate of drug-likeness (QED) is 0.417. The lowest BCUT2D eigenvalue weighted by atomic mass is 10.2. The molecule has 0 unspecified atom stereocenters. The van der Waals surface area contributed by atoms with Gasteiger partial charge in [0.1, 0.15) is 23.2 Å². The zero-order valence-corrected chi connectivity index (χ0v) is 13.3. The Morgan fingerprint density at radius 1 is 1.23 bits per heavy atom. The van der Waals surface area contributed by atoms with Crippen molar-refractivity contribution in [3.63, 3.8) is 0 Å². The van der Waals surface area contributed by atoms with Gasteiger partial charge >= 0.3 is 0 Å². The summed E-state index contributed by atoms with van der Waals surface area (Å²) < 4.78 is 0. The highest BCUT2D eigenvalue weighted by Gasteiger charge is 2.08. The van der Waals surface area contributed by atoms with Gasteiger partial charge in [-0.25, -0.2) is 4.98 Å². The average Bonchev–Trinajstić information content (AvgIpc) is 3.32. The number of phenols is 1. The van der Waals surface area contributed by atoms with Crippen molar-refractivity contribution in [2.24, 2.45) is 0 Å². The Morgan fingerprint density at radius 2 is 2.15 bits per heavy atom. The molecule has 0 radical (unpaired) electrons. The summed E-state index contributed by atoms with van der Waals surface area (Å²) in [6, 6.07) is 14.5. The maximum atomic E-state index is 9.62. The zero-order valence-electron chi connectivity index (χ0n) is 13.3. The number of anilines is 1. The van der Waals surface area contributed by atoms with Crippen LogP contribution in [0.2, 0.25) is 0 Å². The van der Waals surface area contributed by atoms with Gasteiger partial charge in [0.15, 0.2) is 0 Å². The van der Waals surface area contributed by atoms with Crippen LogP contribution in [0.3, 0.4) is 0 Å². The number of tetrazole rings is 1. The van der Waals surface area contributed by atoms with Crippen LogP contribution < -0.4 is 5.32 Å². The van der Waals surface area contributed by atoms with Crippen molar-refractivity contribution in [1.82, 2.24) is 30.6 Å². The number of aromatic nitrogens is 6. The molecule has 0 aliphatic rings. The summed E-state index contributed by atoms with van der Waals surface area (Å²) >= 11 is 0. The number of benzene rings is 2. The Bertz CT molecular complexity index is 1140. The van der Waals surface area contributed by atoms with Gasteiger partial charge in [-0.2, -0.15) is 10.5 Å². The third-order valence-corrected chi connectivity index (χ3v) is 3.69. The number of nitriles is 1. The fourth-order valence-corrected chi connectivity index (χ4v) is 2.47. The maximum absolute atomic E-state index is 9.62. The molecule has 9 nitrogen and oxygen atoms in total. The van der Waals surface area contributed by atoms with Crippen molar-refractivity contribution in [3.8, 4) is 23.2 Å². The van der Waals surface area contributed by atoms with Gasteiger partial charge in [0.05, 0.1) is 11.0 Å². The van der Waals surface area contributed by atoms with Crippen molar-refractivity contribution < 1.29 is 5.11 Å². The number of rotatable bonds is 4. The molecule has 2 aromatic heterocycles.